The maximum Gasteiger partial charge on any atom is 0.251 e. The first-order chi connectivity index (χ1) is 9.56. The fourth-order valence-electron chi connectivity index (χ4n) is 1.93. The first-order valence-corrected chi connectivity index (χ1v) is 7.52. The minimum absolute atomic E-state index is 0.115. The van der Waals surface area contributed by atoms with E-state index >= 15 is 0 Å². The summed E-state index contributed by atoms with van der Waals surface area (Å²) in [6.07, 6.45) is 0. The number of nitrogens with one attached hydrogen (secondary N) is 1. The van der Waals surface area contributed by atoms with Crippen molar-refractivity contribution in [2.45, 2.75) is 12.8 Å². The monoisotopic (exact) mass is 351 g/mol. The van der Waals surface area contributed by atoms with Crippen molar-refractivity contribution in [2.24, 2.45) is 0 Å². The standard InChI is InChI=1S/C16H15BrClNO/c1-11(12-5-3-2-4-6-12)10-19-16(20)13-7-14(17)9-15(18)8-13/h2-9,11H,10H2,1H3,(H,19,20). The normalized spacial score (nSPS) is 11.9. The van der Waals surface area contributed by atoms with E-state index in [1.54, 1.807) is 18.2 Å². The molecule has 0 aliphatic heterocycles. The molecule has 0 fully saturated rings. The summed E-state index contributed by atoms with van der Waals surface area (Å²) in [5.74, 6) is 0.152. The Bertz CT molecular complexity index is 580. The number of benzene rings is 2. The molecule has 104 valence electrons. The van der Waals surface area contributed by atoms with E-state index in [0.717, 1.165) is 4.47 Å². The molecule has 0 heterocycles. The first-order valence-electron chi connectivity index (χ1n) is 6.35. The number of rotatable bonds is 4. The van der Waals surface area contributed by atoms with E-state index < -0.39 is 0 Å². The second-order valence-electron chi connectivity index (χ2n) is 4.68. The zero-order valence-corrected chi connectivity index (χ0v) is 13.4. The lowest BCUT2D eigenvalue weighted by molar-refractivity contribution is 0.0951. The summed E-state index contributed by atoms with van der Waals surface area (Å²) >= 11 is 9.28. The van der Waals surface area contributed by atoms with Gasteiger partial charge in [0.2, 0.25) is 0 Å². The molecule has 2 rings (SSSR count). The van der Waals surface area contributed by atoms with Crippen LogP contribution in [-0.4, -0.2) is 12.5 Å². The third-order valence-corrected chi connectivity index (χ3v) is 3.74. The minimum atomic E-state index is -0.115. The number of halogens is 2. The summed E-state index contributed by atoms with van der Waals surface area (Å²) < 4.78 is 0.797. The molecule has 1 amide bonds. The molecule has 0 saturated heterocycles. The van der Waals surface area contributed by atoms with E-state index in [-0.39, 0.29) is 11.8 Å². The second-order valence-corrected chi connectivity index (χ2v) is 6.03. The van der Waals surface area contributed by atoms with Gasteiger partial charge in [0, 0.05) is 21.6 Å². The number of amides is 1. The SMILES string of the molecule is CC(CNC(=O)c1cc(Cl)cc(Br)c1)c1ccccc1. The van der Waals surface area contributed by atoms with E-state index in [0.29, 0.717) is 17.1 Å². The lowest BCUT2D eigenvalue weighted by Crippen LogP contribution is -2.27. The maximum absolute atomic E-state index is 12.1. The fraction of sp³-hybridized carbons (Fsp3) is 0.188. The highest BCUT2D eigenvalue weighted by molar-refractivity contribution is 9.10. The molecular formula is C16H15BrClNO. The molecule has 0 spiro atoms. The van der Waals surface area contributed by atoms with Crippen LogP contribution in [0.15, 0.2) is 53.0 Å². The largest absolute Gasteiger partial charge is 0.351 e. The molecule has 20 heavy (non-hydrogen) atoms. The maximum atomic E-state index is 12.1. The van der Waals surface area contributed by atoms with Crippen LogP contribution in [0.1, 0.15) is 28.8 Å². The van der Waals surface area contributed by atoms with Gasteiger partial charge in [-0.25, -0.2) is 0 Å². The summed E-state index contributed by atoms with van der Waals surface area (Å²) in [5.41, 5.74) is 1.77. The second kappa shape index (κ2) is 6.91. The zero-order chi connectivity index (χ0) is 14.5. The third kappa shape index (κ3) is 4.09. The van der Waals surface area contributed by atoms with E-state index in [2.05, 4.69) is 40.3 Å². The Kier molecular flexibility index (Phi) is 5.21. The molecule has 0 bridgehead atoms. The Labute approximate surface area is 132 Å². The van der Waals surface area contributed by atoms with Crippen LogP contribution in [-0.2, 0) is 0 Å². The molecule has 0 radical (unpaired) electrons. The minimum Gasteiger partial charge on any atom is -0.351 e. The Balaban J connectivity index is 1.98. The number of carbonyl (C=O) groups is 1. The van der Waals surface area contributed by atoms with Gasteiger partial charge in [-0.15, -0.1) is 0 Å². The van der Waals surface area contributed by atoms with Gasteiger partial charge in [-0.1, -0.05) is 64.8 Å². The molecule has 1 N–H and O–H groups in total. The van der Waals surface area contributed by atoms with Crippen molar-refractivity contribution in [1.82, 2.24) is 5.32 Å². The van der Waals surface area contributed by atoms with Crippen molar-refractivity contribution in [3.05, 3.63) is 69.2 Å². The van der Waals surface area contributed by atoms with Crippen molar-refractivity contribution in [3.63, 3.8) is 0 Å². The van der Waals surface area contributed by atoms with Crippen LogP contribution >= 0.6 is 27.5 Å². The molecule has 0 saturated carbocycles. The van der Waals surface area contributed by atoms with Gasteiger partial charge in [-0.05, 0) is 29.7 Å². The van der Waals surface area contributed by atoms with Crippen molar-refractivity contribution >= 4 is 33.4 Å². The van der Waals surface area contributed by atoms with Gasteiger partial charge in [0.05, 0.1) is 0 Å². The zero-order valence-electron chi connectivity index (χ0n) is 11.1. The van der Waals surface area contributed by atoms with Gasteiger partial charge in [0.25, 0.3) is 5.91 Å². The molecule has 2 aromatic carbocycles. The lowest BCUT2D eigenvalue weighted by Gasteiger charge is -2.13. The Morgan fingerprint density at radius 2 is 1.95 bits per heavy atom. The van der Waals surface area contributed by atoms with Crippen LogP contribution in [0.4, 0.5) is 0 Å². The van der Waals surface area contributed by atoms with Gasteiger partial charge in [-0.2, -0.15) is 0 Å². The third-order valence-electron chi connectivity index (χ3n) is 3.06. The highest BCUT2D eigenvalue weighted by atomic mass is 79.9. The number of hydrogen-bond donors (Lipinski definition) is 1. The molecule has 2 aromatic rings. The summed E-state index contributed by atoms with van der Waals surface area (Å²) in [5, 5.41) is 3.48. The van der Waals surface area contributed by atoms with Crippen LogP contribution < -0.4 is 5.32 Å². The smallest absolute Gasteiger partial charge is 0.251 e. The molecule has 0 aliphatic rings. The van der Waals surface area contributed by atoms with Crippen LogP contribution in [0.5, 0.6) is 0 Å². The molecule has 2 nitrogen and oxygen atoms in total. The summed E-state index contributed by atoms with van der Waals surface area (Å²) in [6.45, 7) is 2.68. The van der Waals surface area contributed by atoms with E-state index in [4.69, 9.17) is 11.6 Å². The molecular weight excluding hydrogens is 338 g/mol. The van der Waals surface area contributed by atoms with Crippen molar-refractivity contribution in [1.29, 1.82) is 0 Å². The van der Waals surface area contributed by atoms with E-state index in [9.17, 15) is 4.79 Å². The van der Waals surface area contributed by atoms with Gasteiger partial charge in [-0.3, -0.25) is 4.79 Å². The predicted octanol–water partition coefficient (Wildman–Crippen LogP) is 4.64. The van der Waals surface area contributed by atoms with Crippen molar-refractivity contribution < 1.29 is 4.79 Å². The first kappa shape index (κ1) is 15.1. The summed E-state index contributed by atoms with van der Waals surface area (Å²) in [7, 11) is 0. The van der Waals surface area contributed by atoms with Gasteiger partial charge in [0.15, 0.2) is 0 Å². The van der Waals surface area contributed by atoms with E-state index in [1.807, 2.05) is 18.2 Å². The number of carbonyl (C=O) groups excluding carboxylic acids is 1. The molecule has 1 atom stereocenters. The van der Waals surface area contributed by atoms with Crippen LogP contribution in [0, 0.1) is 0 Å². The van der Waals surface area contributed by atoms with Crippen LogP contribution in [0.2, 0.25) is 5.02 Å². The van der Waals surface area contributed by atoms with Crippen LogP contribution in [0.3, 0.4) is 0 Å². The summed E-state index contributed by atoms with van der Waals surface area (Å²) in [4.78, 5) is 12.1. The average molecular weight is 353 g/mol. The lowest BCUT2D eigenvalue weighted by atomic mass is 10.0. The fourth-order valence-corrected chi connectivity index (χ4v) is 2.79. The average Bonchev–Trinajstić information content (AvgIpc) is 2.44. The molecule has 0 aromatic heterocycles. The quantitative estimate of drug-likeness (QED) is 0.853. The van der Waals surface area contributed by atoms with Gasteiger partial charge >= 0.3 is 0 Å². The van der Waals surface area contributed by atoms with E-state index in [1.165, 1.54) is 5.56 Å². The predicted molar refractivity (Wildman–Crippen MR) is 86.3 cm³/mol. The Hall–Kier alpha value is -1.32. The summed E-state index contributed by atoms with van der Waals surface area (Å²) in [6, 6.07) is 15.3. The van der Waals surface area contributed by atoms with Crippen LogP contribution in [0.25, 0.3) is 0 Å². The molecule has 4 heteroatoms. The van der Waals surface area contributed by atoms with Crippen molar-refractivity contribution in [3.8, 4) is 0 Å². The molecule has 1 unspecified atom stereocenters. The van der Waals surface area contributed by atoms with Gasteiger partial charge in [0.1, 0.15) is 0 Å². The Morgan fingerprint density at radius 3 is 2.60 bits per heavy atom. The highest BCUT2D eigenvalue weighted by Gasteiger charge is 2.10. The molecule has 0 aliphatic carbocycles. The van der Waals surface area contributed by atoms with Crippen molar-refractivity contribution in [2.75, 3.05) is 6.54 Å². The topological polar surface area (TPSA) is 29.1 Å². The number of hydrogen-bond acceptors (Lipinski definition) is 1. The highest BCUT2D eigenvalue weighted by Crippen LogP contribution is 2.20. The Morgan fingerprint density at radius 1 is 1.25 bits per heavy atom. The van der Waals surface area contributed by atoms with Gasteiger partial charge < -0.3 is 5.32 Å².